The van der Waals surface area contributed by atoms with Crippen molar-refractivity contribution < 1.29 is 91.1 Å². The number of hydrogen-bond acceptors (Lipinski definition) is 16. The Hall–Kier alpha value is -1.20. The molecule has 2 heterocycles. The highest BCUT2D eigenvalue weighted by molar-refractivity contribution is 7.83. The van der Waals surface area contributed by atoms with Gasteiger partial charge in [0, 0.05) is 14.2 Å². The topological polar surface area (TPSA) is 318 Å². The Bertz CT molecular complexity index is 1140. The fourth-order valence-corrected chi connectivity index (χ4v) is 5.06. The van der Waals surface area contributed by atoms with Gasteiger partial charge in [-0.15, -0.1) is 0 Å². The summed E-state index contributed by atoms with van der Waals surface area (Å²) in [5, 5.41) is 30.9. The zero-order valence-corrected chi connectivity index (χ0v) is 21.6. The second-order valence-electron chi connectivity index (χ2n) is 7.64. The van der Waals surface area contributed by atoms with Gasteiger partial charge in [-0.05, 0) is 0 Å². The van der Waals surface area contributed by atoms with E-state index in [-0.39, 0.29) is 0 Å². The van der Waals surface area contributed by atoms with Crippen LogP contribution in [0.25, 0.3) is 0 Å². The smallest absolute Gasteiger partial charge is 0.397 e. The van der Waals surface area contributed by atoms with Crippen molar-refractivity contribution >= 4 is 37.1 Å². The van der Waals surface area contributed by atoms with E-state index >= 15 is 0 Å². The van der Waals surface area contributed by atoms with Gasteiger partial charge in [0.05, 0.1) is 6.61 Å². The van der Waals surface area contributed by atoms with Crippen LogP contribution >= 0.6 is 0 Å². The summed E-state index contributed by atoms with van der Waals surface area (Å²) in [5.41, 5.74) is 0. The monoisotopic (exact) mass is 623 g/mol. The van der Waals surface area contributed by atoms with Gasteiger partial charge in [0.2, 0.25) is 0 Å². The molecule has 0 aromatic heterocycles. The number of hydrogen-bond donors (Lipinski definition) is 7. The lowest BCUT2D eigenvalue weighted by atomic mass is 9.96. The maximum absolute atomic E-state index is 11.8. The number of aliphatic hydroxyl groups is 2. The second-order valence-corrected chi connectivity index (χ2v) is 11.0. The molecule has 2 fully saturated rings. The molecule has 0 aliphatic carbocycles. The molecule has 0 spiro atoms. The molecule has 24 heteroatoms. The van der Waals surface area contributed by atoms with E-state index in [0.29, 0.717) is 0 Å². The average molecular weight is 624 g/mol. The maximum Gasteiger partial charge on any atom is 0.397 e. The molecule has 0 amide bonds. The van der Waals surface area contributed by atoms with Crippen molar-refractivity contribution in [3.63, 3.8) is 0 Å². The van der Waals surface area contributed by atoms with Crippen molar-refractivity contribution in [1.82, 2.24) is 4.72 Å². The van der Waals surface area contributed by atoms with Crippen LogP contribution in [0.3, 0.4) is 0 Å². The molecule has 2 saturated heterocycles. The summed E-state index contributed by atoms with van der Waals surface area (Å²) in [7, 11) is -13.7. The van der Waals surface area contributed by atoms with E-state index in [1.807, 2.05) is 0 Å². The Labute approximate surface area is 215 Å². The molecule has 10 atom stereocenters. The number of carboxylic acid groups (broad SMARTS) is 1. The summed E-state index contributed by atoms with van der Waals surface area (Å²) in [5.74, 6) is -1.85. The van der Waals surface area contributed by atoms with Crippen LogP contribution in [0, 0.1) is 0 Å². The van der Waals surface area contributed by atoms with Crippen LogP contribution in [0.5, 0.6) is 0 Å². The number of methoxy groups -OCH3 is 2. The average Bonchev–Trinajstić information content (AvgIpc) is 2.75. The molecule has 0 radical (unpaired) electrons. The molecule has 0 saturated carbocycles. The maximum atomic E-state index is 11.8. The van der Waals surface area contributed by atoms with Crippen LogP contribution < -0.4 is 4.72 Å². The van der Waals surface area contributed by atoms with E-state index in [1.54, 1.807) is 0 Å². The highest BCUT2D eigenvalue weighted by atomic mass is 32.3. The molecule has 0 aromatic carbocycles. The number of aliphatic carboxylic acids is 1. The molecule has 2 aliphatic heterocycles. The van der Waals surface area contributed by atoms with Gasteiger partial charge in [0.25, 0.3) is 0 Å². The van der Waals surface area contributed by atoms with Crippen LogP contribution in [-0.2, 0) is 67.9 Å². The zero-order chi connectivity index (χ0) is 29.2. The van der Waals surface area contributed by atoms with Gasteiger partial charge in [-0.3, -0.25) is 13.7 Å². The van der Waals surface area contributed by atoms with Crippen LogP contribution in [0.4, 0.5) is 0 Å². The molecule has 21 nitrogen and oxygen atoms in total. The zero-order valence-electron chi connectivity index (χ0n) is 19.1. The number of aliphatic hydroxyl groups excluding tert-OH is 2. The highest BCUT2D eigenvalue weighted by Crippen LogP contribution is 2.32. The van der Waals surface area contributed by atoms with Crippen LogP contribution in [-0.4, -0.2) is 142 Å². The van der Waals surface area contributed by atoms with E-state index in [9.17, 15) is 49.9 Å². The van der Waals surface area contributed by atoms with Gasteiger partial charge in [-0.1, -0.05) is 0 Å². The molecule has 0 unspecified atom stereocenters. The molecule has 2 rings (SSSR count). The Balaban J connectivity index is 2.49. The second kappa shape index (κ2) is 12.5. The largest absolute Gasteiger partial charge is 0.479 e. The predicted octanol–water partition coefficient (Wildman–Crippen LogP) is -4.94. The van der Waals surface area contributed by atoms with E-state index < -0.39 is 105 Å². The fourth-order valence-electron chi connectivity index (χ4n) is 3.68. The number of ether oxygens (including phenoxy) is 5. The minimum atomic E-state index is -5.31. The summed E-state index contributed by atoms with van der Waals surface area (Å²) in [6.45, 7) is -1.08. The van der Waals surface area contributed by atoms with Crippen LogP contribution in [0.2, 0.25) is 0 Å². The standard InChI is InChI=1S/C14H25NO20S3/c1-29-8-4(3-31-37(23,24)25)32-13(5(6(8)16)15-36(20,21)22)33-9-7(17)10(35-38(26,27)28)14(30-2)34-11(9)12(18)19/h4-11,13-17H,3H2,1-2H3,(H,18,19)(H,20,21,22)(H,23,24,25)(H,26,27,28)/t4-,5-,6-,7+,8-,9+,10-,11-,13+,14-/m1/s1. The lowest BCUT2D eigenvalue weighted by Crippen LogP contribution is -2.68. The van der Waals surface area contributed by atoms with Crippen molar-refractivity contribution in [3.8, 4) is 0 Å². The van der Waals surface area contributed by atoms with E-state index in [2.05, 4.69) is 8.37 Å². The summed E-state index contributed by atoms with van der Waals surface area (Å²) in [6.07, 6.45) is -18.6. The lowest BCUT2D eigenvalue weighted by Gasteiger charge is -2.47. The molecule has 0 bridgehead atoms. The third kappa shape index (κ3) is 8.91. The molecular formula is C14H25NO20S3. The summed E-state index contributed by atoms with van der Waals surface area (Å²) < 4.78 is 130. The SMILES string of the molecule is CO[C@@H]1O[C@@H](C(=O)O)[C@@H](O[C@@H]2O[C@H](COS(=O)(=O)O)[C@@H](OC)[C@H](O)[C@H]2NS(=O)(=O)O)[C@H](O)[C@H]1OS(=O)(=O)O. The molecule has 7 N–H and O–H groups in total. The predicted molar refractivity (Wildman–Crippen MR) is 112 cm³/mol. The first kappa shape index (κ1) is 33.0. The fraction of sp³-hybridized carbons (Fsp3) is 0.929. The number of nitrogens with one attached hydrogen (secondary N) is 1. The van der Waals surface area contributed by atoms with E-state index in [4.69, 9.17) is 32.8 Å². The lowest BCUT2D eigenvalue weighted by molar-refractivity contribution is -0.335. The first-order valence-corrected chi connectivity index (χ1v) is 14.1. The third-order valence-corrected chi connectivity index (χ3v) is 6.60. The van der Waals surface area contributed by atoms with E-state index in [1.165, 1.54) is 4.72 Å². The normalized spacial score (nSPS) is 37.1. The van der Waals surface area contributed by atoms with Gasteiger partial charge in [-0.2, -0.15) is 30.0 Å². The number of carboxylic acids is 1. The van der Waals surface area contributed by atoms with Crippen LogP contribution in [0.1, 0.15) is 0 Å². The van der Waals surface area contributed by atoms with Crippen molar-refractivity contribution in [2.45, 2.75) is 61.3 Å². The third-order valence-electron chi connectivity index (χ3n) is 5.13. The molecule has 2 aliphatic rings. The van der Waals surface area contributed by atoms with Crippen molar-refractivity contribution in [2.75, 3.05) is 20.8 Å². The Morgan fingerprint density at radius 2 is 1.45 bits per heavy atom. The van der Waals surface area contributed by atoms with Gasteiger partial charge in [-0.25, -0.2) is 13.2 Å². The van der Waals surface area contributed by atoms with Gasteiger partial charge in [0.15, 0.2) is 24.8 Å². The summed E-state index contributed by atoms with van der Waals surface area (Å²) in [6, 6.07) is -2.07. The van der Waals surface area contributed by atoms with Crippen molar-refractivity contribution in [3.05, 3.63) is 0 Å². The number of carbonyl (C=O) groups is 1. The van der Waals surface area contributed by atoms with Gasteiger partial charge >= 0.3 is 37.1 Å². The first-order valence-electron chi connectivity index (χ1n) is 9.91. The molecule has 0 aromatic rings. The Morgan fingerprint density at radius 1 is 0.842 bits per heavy atom. The number of rotatable bonds is 12. The summed E-state index contributed by atoms with van der Waals surface area (Å²) >= 11 is 0. The Morgan fingerprint density at radius 3 is 1.89 bits per heavy atom. The Kier molecular flexibility index (Phi) is 10.9. The van der Waals surface area contributed by atoms with Crippen LogP contribution in [0.15, 0.2) is 0 Å². The molecular weight excluding hydrogens is 598 g/mol. The van der Waals surface area contributed by atoms with E-state index in [0.717, 1.165) is 14.2 Å². The van der Waals surface area contributed by atoms with Gasteiger partial charge in [0.1, 0.15) is 36.6 Å². The minimum absolute atomic E-state index is 0.898. The van der Waals surface area contributed by atoms with Gasteiger partial charge < -0.3 is 39.0 Å². The molecule has 224 valence electrons. The highest BCUT2D eigenvalue weighted by Gasteiger charge is 2.55. The van der Waals surface area contributed by atoms with Crippen molar-refractivity contribution in [2.24, 2.45) is 0 Å². The summed E-state index contributed by atoms with van der Waals surface area (Å²) in [4.78, 5) is 11.8. The molecule has 38 heavy (non-hydrogen) atoms. The minimum Gasteiger partial charge on any atom is -0.479 e. The first-order chi connectivity index (χ1) is 17.3. The quantitative estimate of drug-likeness (QED) is 0.100. The van der Waals surface area contributed by atoms with Crippen molar-refractivity contribution in [1.29, 1.82) is 0 Å².